The van der Waals surface area contributed by atoms with Crippen LogP contribution in [0.4, 0.5) is 5.69 Å². The number of fused-ring (bicyclic) bond motifs is 1. The van der Waals surface area contributed by atoms with E-state index in [0.717, 1.165) is 30.0 Å². The Labute approximate surface area is 152 Å². The molecule has 4 rings (SSSR count). The second-order valence-electron chi connectivity index (χ2n) is 6.20. The van der Waals surface area contributed by atoms with Crippen LogP contribution in [-0.2, 0) is 6.54 Å². The monoisotopic (exact) mass is 351 g/mol. The van der Waals surface area contributed by atoms with Gasteiger partial charge in [0.25, 0.3) is 5.89 Å². The van der Waals surface area contributed by atoms with Crippen LogP contribution in [0.3, 0.4) is 0 Å². The molecule has 0 spiro atoms. The summed E-state index contributed by atoms with van der Waals surface area (Å²) in [5.74, 6) is 2.64. The molecule has 2 aromatic carbocycles. The first-order valence-electron chi connectivity index (χ1n) is 8.75. The van der Waals surface area contributed by atoms with Crippen LogP contribution >= 0.6 is 0 Å². The highest BCUT2D eigenvalue weighted by Crippen LogP contribution is 2.35. The topological polar surface area (TPSA) is 60.6 Å². The minimum Gasteiger partial charge on any atom is -0.496 e. The third kappa shape index (κ3) is 3.10. The average Bonchev–Trinajstić information content (AvgIpc) is 3.16. The number of rotatable bonds is 5. The molecule has 0 bridgehead atoms. The molecule has 1 aliphatic rings. The Hall–Kier alpha value is -3.02. The molecular formula is C20H21N3O3. The van der Waals surface area contributed by atoms with Crippen molar-refractivity contribution in [2.75, 3.05) is 18.6 Å². The maximum absolute atomic E-state index is 6.03. The minimum atomic E-state index is 0.154. The highest BCUT2D eigenvalue weighted by molar-refractivity contribution is 5.62. The molecule has 0 aliphatic carbocycles. The first-order chi connectivity index (χ1) is 12.8. The molecule has 0 amide bonds. The van der Waals surface area contributed by atoms with Gasteiger partial charge in [0, 0.05) is 0 Å². The quantitative estimate of drug-likeness (QED) is 0.694. The second kappa shape index (κ2) is 7.07. The average molecular weight is 351 g/mol. The van der Waals surface area contributed by atoms with E-state index in [9.17, 15) is 0 Å². The number of hydrogen-bond donors (Lipinski definition) is 0. The van der Waals surface area contributed by atoms with Crippen LogP contribution in [0.5, 0.6) is 11.5 Å². The van der Waals surface area contributed by atoms with Gasteiger partial charge in [-0.15, -0.1) is 10.2 Å². The summed E-state index contributed by atoms with van der Waals surface area (Å²) in [6.45, 7) is 3.46. The zero-order valence-electron chi connectivity index (χ0n) is 14.9. The van der Waals surface area contributed by atoms with Crippen LogP contribution < -0.4 is 14.4 Å². The van der Waals surface area contributed by atoms with E-state index in [-0.39, 0.29) is 6.10 Å². The summed E-state index contributed by atoms with van der Waals surface area (Å²) in [6, 6.07) is 15.7. The molecule has 0 unspecified atom stereocenters. The van der Waals surface area contributed by atoms with Gasteiger partial charge in [-0.05, 0) is 30.7 Å². The maximum atomic E-state index is 6.03. The van der Waals surface area contributed by atoms with Gasteiger partial charge < -0.3 is 18.8 Å². The molecule has 1 aromatic heterocycles. The molecular weight excluding hydrogens is 330 g/mol. The van der Waals surface area contributed by atoms with Gasteiger partial charge in [-0.25, -0.2) is 0 Å². The molecule has 0 radical (unpaired) electrons. The van der Waals surface area contributed by atoms with E-state index in [0.29, 0.717) is 24.1 Å². The Morgan fingerprint density at radius 1 is 1.12 bits per heavy atom. The number of aromatic nitrogens is 2. The van der Waals surface area contributed by atoms with Crippen LogP contribution in [0.15, 0.2) is 52.9 Å². The van der Waals surface area contributed by atoms with E-state index < -0.39 is 0 Å². The van der Waals surface area contributed by atoms with Gasteiger partial charge in [-0.1, -0.05) is 31.2 Å². The third-order valence-corrected chi connectivity index (χ3v) is 4.51. The lowest BCUT2D eigenvalue weighted by molar-refractivity contribution is 0.187. The number of ether oxygens (including phenoxy) is 2. The fourth-order valence-corrected chi connectivity index (χ4v) is 3.15. The van der Waals surface area contributed by atoms with Crippen LogP contribution in [-0.4, -0.2) is 30.0 Å². The van der Waals surface area contributed by atoms with Crippen LogP contribution in [0.25, 0.3) is 11.5 Å². The van der Waals surface area contributed by atoms with Gasteiger partial charge in [0.1, 0.15) is 17.6 Å². The number of benzene rings is 2. The van der Waals surface area contributed by atoms with Gasteiger partial charge in [-0.3, -0.25) is 0 Å². The zero-order valence-corrected chi connectivity index (χ0v) is 14.9. The highest BCUT2D eigenvalue weighted by Gasteiger charge is 2.26. The summed E-state index contributed by atoms with van der Waals surface area (Å²) >= 11 is 0. The maximum Gasteiger partial charge on any atom is 0.251 e. The predicted octanol–water partition coefficient (Wildman–Crippen LogP) is 3.92. The molecule has 0 saturated heterocycles. The molecule has 0 saturated carbocycles. The molecule has 1 aliphatic heterocycles. The summed E-state index contributed by atoms with van der Waals surface area (Å²) in [7, 11) is 1.63. The van der Waals surface area contributed by atoms with Crippen molar-refractivity contribution in [3.8, 4) is 23.0 Å². The Kier molecular flexibility index (Phi) is 4.48. The molecule has 1 atom stereocenters. The molecule has 134 valence electrons. The molecule has 0 fully saturated rings. The largest absolute Gasteiger partial charge is 0.496 e. The Morgan fingerprint density at radius 3 is 2.77 bits per heavy atom. The fraction of sp³-hybridized carbons (Fsp3) is 0.300. The highest BCUT2D eigenvalue weighted by atomic mass is 16.5. The van der Waals surface area contributed by atoms with Crippen molar-refractivity contribution in [1.29, 1.82) is 0 Å². The molecule has 6 heteroatoms. The lowest BCUT2D eigenvalue weighted by Crippen LogP contribution is -2.39. The second-order valence-corrected chi connectivity index (χ2v) is 6.20. The summed E-state index contributed by atoms with van der Waals surface area (Å²) in [4.78, 5) is 2.23. The van der Waals surface area contributed by atoms with E-state index in [1.54, 1.807) is 7.11 Å². The van der Waals surface area contributed by atoms with Gasteiger partial charge in [0.05, 0.1) is 31.5 Å². The summed E-state index contributed by atoms with van der Waals surface area (Å²) in [5.41, 5.74) is 1.84. The molecule has 0 N–H and O–H groups in total. The molecule has 3 aromatic rings. The van der Waals surface area contributed by atoms with Crippen molar-refractivity contribution in [3.05, 3.63) is 54.4 Å². The van der Waals surface area contributed by atoms with Crippen molar-refractivity contribution < 1.29 is 13.9 Å². The van der Waals surface area contributed by atoms with Crippen LogP contribution in [0, 0.1) is 0 Å². The van der Waals surface area contributed by atoms with Crippen molar-refractivity contribution in [3.63, 3.8) is 0 Å². The number of nitrogens with zero attached hydrogens (tertiary/aromatic N) is 3. The first-order valence-corrected chi connectivity index (χ1v) is 8.75. The number of hydrogen-bond acceptors (Lipinski definition) is 6. The smallest absolute Gasteiger partial charge is 0.251 e. The van der Waals surface area contributed by atoms with Crippen LogP contribution in [0.1, 0.15) is 19.2 Å². The van der Waals surface area contributed by atoms with Crippen molar-refractivity contribution in [2.45, 2.75) is 26.0 Å². The van der Waals surface area contributed by atoms with Gasteiger partial charge in [-0.2, -0.15) is 0 Å². The standard InChI is InChI=1S/C20H21N3O3/c1-3-14-12-23(16-9-5-7-11-18(16)25-14)13-19-21-22-20(26-19)15-8-4-6-10-17(15)24-2/h4-11,14H,3,12-13H2,1-2H3/t14-/m1/s1. The van der Waals surface area contributed by atoms with E-state index in [4.69, 9.17) is 13.9 Å². The SMILES string of the molecule is CC[C@@H]1CN(Cc2nnc(-c3ccccc3OC)o2)c2ccccc2O1. The lowest BCUT2D eigenvalue weighted by atomic mass is 10.1. The van der Waals surface area contributed by atoms with E-state index in [1.807, 2.05) is 42.5 Å². The Morgan fingerprint density at radius 2 is 1.92 bits per heavy atom. The molecule has 2 heterocycles. The van der Waals surface area contributed by atoms with E-state index >= 15 is 0 Å². The molecule has 6 nitrogen and oxygen atoms in total. The molecule has 26 heavy (non-hydrogen) atoms. The minimum absolute atomic E-state index is 0.154. The summed E-state index contributed by atoms with van der Waals surface area (Å²) < 4.78 is 17.3. The fourth-order valence-electron chi connectivity index (χ4n) is 3.15. The Bertz CT molecular complexity index is 893. The van der Waals surface area contributed by atoms with E-state index in [2.05, 4.69) is 28.1 Å². The van der Waals surface area contributed by atoms with E-state index in [1.165, 1.54) is 0 Å². The first kappa shape index (κ1) is 16.4. The van der Waals surface area contributed by atoms with Gasteiger partial charge in [0.2, 0.25) is 5.89 Å². The normalized spacial score (nSPS) is 16.1. The zero-order chi connectivity index (χ0) is 17.9. The number of anilines is 1. The Balaban J connectivity index is 1.60. The van der Waals surface area contributed by atoms with Crippen LogP contribution in [0.2, 0.25) is 0 Å². The summed E-state index contributed by atoms with van der Waals surface area (Å²) in [5, 5.41) is 8.43. The third-order valence-electron chi connectivity index (χ3n) is 4.51. The lowest BCUT2D eigenvalue weighted by Gasteiger charge is -2.35. The summed E-state index contributed by atoms with van der Waals surface area (Å²) in [6.07, 6.45) is 1.10. The van der Waals surface area contributed by atoms with Crippen molar-refractivity contribution >= 4 is 5.69 Å². The number of methoxy groups -OCH3 is 1. The van der Waals surface area contributed by atoms with Gasteiger partial charge >= 0.3 is 0 Å². The van der Waals surface area contributed by atoms with Gasteiger partial charge in [0.15, 0.2) is 0 Å². The number of para-hydroxylation sites is 3. The predicted molar refractivity (Wildman–Crippen MR) is 98.5 cm³/mol. The van der Waals surface area contributed by atoms with Crippen molar-refractivity contribution in [1.82, 2.24) is 10.2 Å². The van der Waals surface area contributed by atoms with Crippen molar-refractivity contribution in [2.24, 2.45) is 0 Å².